The number of fused-ring (bicyclic) bond motifs is 1. The summed E-state index contributed by atoms with van der Waals surface area (Å²) in [4.78, 5) is 3.90. The zero-order valence-corrected chi connectivity index (χ0v) is 9.36. The molecule has 0 amide bonds. The number of hydrogen-bond acceptors (Lipinski definition) is 3. The van der Waals surface area contributed by atoms with Crippen LogP contribution in [0.4, 0.5) is 0 Å². The van der Waals surface area contributed by atoms with Gasteiger partial charge < -0.3 is 10.1 Å². The molecule has 0 fully saturated rings. The van der Waals surface area contributed by atoms with Crippen molar-refractivity contribution in [3.8, 4) is 0 Å². The molecule has 0 aromatic carbocycles. The van der Waals surface area contributed by atoms with Gasteiger partial charge in [-0.05, 0) is 26.0 Å². The molecule has 0 aromatic heterocycles. The first-order valence-electron chi connectivity index (χ1n) is 4.63. The van der Waals surface area contributed by atoms with Crippen molar-refractivity contribution in [1.82, 2.24) is 9.80 Å². The van der Waals surface area contributed by atoms with E-state index in [2.05, 4.69) is 5.16 Å². The highest BCUT2D eigenvalue weighted by Crippen LogP contribution is 2.30. The molecule has 15 heavy (non-hydrogen) atoms. The second kappa shape index (κ2) is 3.62. The summed E-state index contributed by atoms with van der Waals surface area (Å²) in [5.74, 6) is 1.51. The highest BCUT2D eigenvalue weighted by atomic mass is 35.5. The molecule has 0 saturated heterocycles. The standard InChI is InChI=1S/C10H12ClN3O/c1-7-5-13-6-9(11)3-4-10(13)14(7)8(2)12-15/h3-5,15H,6H2,1-2H3/b12-8-. The summed E-state index contributed by atoms with van der Waals surface area (Å²) in [6.45, 7) is 4.38. The number of oxime groups is 1. The summed E-state index contributed by atoms with van der Waals surface area (Å²) >= 11 is 5.94. The Labute approximate surface area is 93.4 Å². The molecule has 0 spiro atoms. The van der Waals surface area contributed by atoms with Gasteiger partial charge in [-0.3, -0.25) is 4.90 Å². The van der Waals surface area contributed by atoms with E-state index in [-0.39, 0.29) is 0 Å². The van der Waals surface area contributed by atoms with Crippen molar-refractivity contribution < 1.29 is 5.21 Å². The molecule has 0 saturated carbocycles. The fourth-order valence-corrected chi connectivity index (χ4v) is 1.99. The summed E-state index contributed by atoms with van der Waals surface area (Å²) in [5.41, 5.74) is 1.01. The maximum atomic E-state index is 8.79. The number of halogens is 1. The Hall–Kier alpha value is -1.42. The van der Waals surface area contributed by atoms with E-state index in [4.69, 9.17) is 16.8 Å². The Morgan fingerprint density at radius 3 is 2.93 bits per heavy atom. The molecule has 80 valence electrons. The molecule has 2 heterocycles. The van der Waals surface area contributed by atoms with Crippen LogP contribution in [-0.2, 0) is 0 Å². The van der Waals surface area contributed by atoms with E-state index in [9.17, 15) is 0 Å². The van der Waals surface area contributed by atoms with E-state index in [1.807, 2.05) is 35.1 Å². The van der Waals surface area contributed by atoms with E-state index in [0.717, 1.165) is 16.6 Å². The van der Waals surface area contributed by atoms with E-state index in [1.54, 1.807) is 6.92 Å². The highest BCUT2D eigenvalue weighted by molar-refractivity contribution is 6.30. The van der Waals surface area contributed by atoms with Crippen LogP contribution >= 0.6 is 11.6 Å². The summed E-state index contributed by atoms with van der Waals surface area (Å²) in [6.07, 6.45) is 5.75. The van der Waals surface area contributed by atoms with Crippen LogP contribution in [0.5, 0.6) is 0 Å². The lowest BCUT2D eigenvalue weighted by atomic mass is 10.3. The molecule has 0 aromatic rings. The first kappa shape index (κ1) is 10.1. The molecule has 2 aliphatic rings. The molecule has 0 bridgehead atoms. The number of hydrogen-bond donors (Lipinski definition) is 1. The molecule has 2 rings (SSSR count). The van der Waals surface area contributed by atoms with E-state index in [0.29, 0.717) is 12.4 Å². The van der Waals surface area contributed by atoms with Gasteiger partial charge in [0, 0.05) is 16.9 Å². The van der Waals surface area contributed by atoms with Crippen LogP contribution in [0.3, 0.4) is 0 Å². The van der Waals surface area contributed by atoms with Crippen LogP contribution in [0.2, 0.25) is 0 Å². The lowest BCUT2D eigenvalue weighted by molar-refractivity contribution is 0.308. The third-order valence-electron chi connectivity index (χ3n) is 2.42. The smallest absolute Gasteiger partial charge is 0.151 e. The average molecular weight is 226 g/mol. The monoisotopic (exact) mass is 225 g/mol. The van der Waals surface area contributed by atoms with Crippen LogP contribution in [0.25, 0.3) is 0 Å². The summed E-state index contributed by atoms with van der Waals surface area (Å²) in [7, 11) is 0. The van der Waals surface area contributed by atoms with Gasteiger partial charge in [-0.1, -0.05) is 16.8 Å². The predicted octanol–water partition coefficient (Wildman–Crippen LogP) is 2.25. The van der Waals surface area contributed by atoms with Gasteiger partial charge in [-0.25, -0.2) is 0 Å². The van der Waals surface area contributed by atoms with Gasteiger partial charge >= 0.3 is 0 Å². The lowest BCUT2D eigenvalue weighted by Crippen LogP contribution is -2.30. The van der Waals surface area contributed by atoms with Gasteiger partial charge in [0.1, 0.15) is 5.82 Å². The first-order valence-corrected chi connectivity index (χ1v) is 5.01. The normalized spacial score (nSPS) is 21.0. The average Bonchev–Trinajstić information content (AvgIpc) is 2.52. The number of allylic oxidation sites excluding steroid dienone is 3. The maximum absolute atomic E-state index is 8.79. The zero-order valence-electron chi connectivity index (χ0n) is 8.61. The van der Waals surface area contributed by atoms with Gasteiger partial charge in [0.15, 0.2) is 5.84 Å². The molecule has 5 heteroatoms. The van der Waals surface area contributed by atoms with Crippen molar-refractivity contribution in [2.45, 2.75) is 13.8 Å². The second-order valence-electron chi connectivity index (χ2n) is 3.52. The molecule has 0 atom stereocenters. The van der Waals surface area contributed by atoms with Gasteiger partial charge in [0.2, 0.25) is 0 Å². The van der Waals surface area contributed by atoms with Crippen LogP contribution in [0, 0.1) is 0 Å². The molecule has 1 N–H and O–H groups in total. The molecule has 0 unspecified atom stereocenters. The van der Waals surface area contributed by atoms with Crippen molar-refractivity contribution in [2.24, 2.45) is 5.16 Å². The maximum Gasteiger partial charge on any atom is 0.151 e. The SMILES string of the molecule is CC1=CN2CC(Cl)=CC=C2N1/C(C)=N\O. The zero-order chi connectivity index (χ0) is 11.0. The largest absolute Gasteiger partial charge is 0.409 e. The third kappa shape index (κ3) is 1.61. The summed E-state index contributed by atoms with van der Waals surface area (Å²) in [6, 6.07) is 0. The van der Waals surface area contributed by atoms with Gasteiger partial charge in [0.25, 0.3) is 0 Å². The Morgan fingerprint density at radius 2 is 2.27 bits per heavy atom. The first-order chi connectivity index (χ1) is 7.13. The Balaban J connectivity index is 2.38. The number of rotatable bonds is 0. The van der Waals surface area contributed by atoms with Crippen LogP contribution < -0.4 is 0 Å². The minimum atomic E-state index is 0.545. The predicted molar refractivity (Wildman–Crippen MR) is 59.2 cm³/mol. The van der Waals surface area contributed by atoms with Crippen LogP contribution in [0.15, 0.2) is 40.1 Å². The molecule has 2 aliphatic heterocycles. The second-order valence-corrected chi connectivity index (χ2v) is 4.00. The number of nitrogens with zero attached hydrogens (tertiary/aromatic N) is 3. The molecular weight excluding hydrogens is 214 g/mol. The van der Waals surface area contributed by atoms with Crippen molar-refractivity contribution >= 4 is 17.4 Å². The van der Waals surface area contributed by atoms with Gasteiger partial charge in [-0.2, -0.15) is 0 Å². The van der Waals surface area contributed by atoms with E-state index >= 15 is 0 Å². The van der Waals surface area contributed by atoms with Crippen molar-refractivity contribution in [1.29, 1.82) is 0 Å². The van der Waals surface area contributed by atoms with E-state index < -0.39 is 0 Å². The Morgan fingerprint density at radius 1 is 1.53 bits per heavy atom. The van der Waals surface area contributed by atoms with Crippen LogP contribution in [-0.4, -0.2) is 27.4 Å². The quantitative estimate of drug-likeness (QED) is 0.298. The molecule has 0 aliphatic carbocycles. The van der Waals surface area contributed by atoms with Crippen molar-refractivity contribution in [2.75, 3.05) is 6.54 Å². The minimum Gasteiger partial charge on any atom is -0.409 e. The Bertz CT molecular complexity index is 409. The fourth-order valence-electron chi connectivity index (χ4n) is 1.80. The minimum absolute atomic E-state index is 0.545. The van der Waals surface area contributed by atoms with Gasteiger partial charge in [0.05, 0.1) is 6.54 Å². The summed E-state index contributed by atoms with van der Waals surface area (Å²) < 4.78 is 0. The number of amidine groups is 1. The highest BCUT2D eigenvalue weighted by Gasteiger charge is 2.28. The van der Waals surface area contributed by atoms with Crippen LogP contribution in [0.1, 0.15) is 13.8 Å². The summed E-state index contributed by atoms with van der Waals surface area (Å²) in [5, 5.41) is 12.8. The molecule has 4 nitrogen and oxygen atoms in total. The van der Waals surface area contributed by atoms with E-state index in [1.165, 1.54) is 0 Å². The van der Waals surface area contributed by atoms with Crippen molar-refractivity contribution in [3.63, 3.8) is 0 Å². The van der Waals surface area contributed by atoms with Crippen molar-refractivity contribution in [3.05, 3.63) is 34.9 Å². The topological polar surface area (TPSA) is 39.1 Å². The molecule has 0 radical (unpaired) electrons. The Kier molecular flexibility index (Phi) is 2.44. The lowest BCUT2D eigenvalue weighted by Gasteiger charge is -2.27. The fraction of sp³-hybridized carbons (Fsp3) is 0.300. The third-order valence-corrected chi connectivity index (χ3v) is 2.67. The van der Waals surface area contributed by atoms with Gasteiger partial charge in [-0.15, -0.1) is 0 Å². The molecular formula is C10H12ClN3O.